The summed E-state index contributed by atoms with van der Waals surface area (Å²) in [6, 6.07) is 8.23. The Morgan fingerprint density at radius 3 is 2.78 bits per heavy atom. The Morgan fingerprint density at radius 2 is 2.09 bits per heavy atom. The Morgan fingerprint density at radius 1 is 1.22 bits per heavy atom. The molecule has 116 valence electrons. The molecule has 1 aromatic carbocycles. The van der Waals surface area contributed by atoms with Gasteiger partial charge in [-0.05, 0) is 37.3 Å². The fourth-order valence-electron chi connectivity index (χ4n) is 2.88. The van der Waals surface area contributed by atoms with E-state index in [0.717, 1.165) is 44.9 Å². The lowest BCUT2D eigenvalue weighted by molar-refractivity contribution is -0.124. The lowest BCUT2D eigenvalue weighted by atomic mass is 9.81. The van der Waals surface area contributed by atoms with Crippen LogP contribution in [0.5, 0.6) is 0 Å². The summed E-state index contributed by atoms with van der Waals surface area (Å²) in [5.41, 5.74) is 1.92. The number of nitrogens with zero attached hydrogens (tertiary/aromatic N) is 3. The van der Waals surface area contributed by atoms with Gasteiger partial charge in [-0.2, -0.15) is 0 Å². The van der Waals surface area contributed by atoms with Gasteiger partial charge in [-0.3, -0.25) is 9.78 Å². The molecule has 2 heterocycles. The van der Waals surface area contributed by atoms with Crippen molar-refractivity contribution in [1.82, 2.24) is 15.2 Å². The number of Topliss-reactive ketones (excluding diaryl/α,β-unsaturated/α-hetero) is 1. The number of hydrogen-bond acceptors (Lipinski definition) is 5. The molecule has 0 N–H and O–H groups in total. The molecule has 0 atom stereocenters. The number of aromatic nitrogens is 3. The number of fused-ring (bicyclic) bond motifs is 1. The largest absolute Gasteiger partial charge is 0.299 e. The normalized spacial score (nSPS) is 14.8. The molecule has 1 saturated carbocycles. The lowest BCUT2D eigenvalue weighted by Crippen LogP contribution is -2.23. The van der Waals surface area contributed by atoms with E-state index in [4.69, 9.17) is 0 Å². The van der Waals surface area contributed by atoms with E-state index in [9.17, 15) is 4.79 Å². The minimum Gasteiger partial charge on any atom is -0.299 e. The van der Waals surface area contributed by atoms with E-state index in [-0.39, 0.29) is 5.92 Å². The van der Waals surface area contributed by atoms with E-state index in [1.54, 1.807) is 11.3 Å². The molecular weight excluding hydrogens is 306 g/mol. The second-order valence-corrected chi connectivity index (χ2v) is 7.32. The van der Waals surface area contributed by atoms with Gasteiger partial charge in [-0.25, -0.2) is 0 Å². The van der Waals surface area contributed by atoms with Crippen LogP contribution >= 0.6 is 11.3 Å². The molecule has 0 bridgehead atoms. The average Bonchev–Trinajstić information content (AvgIpc) is 2.91. The summed E-state index contributed by atoms with van der Waals surface area (Å²) in [5.74, 6) is 0.599. The zero-order chi connectivity index (χ0) is 15.8. The first-order valence-electron chi connectivity index (χ1n) is 7.91. The van der Waals surface area contributed by atoms with Crippen molar-refractivity contribution >= 4 is 27.9 Å². The first-order chi connectivity index (χ1) is 11.2. The Kier molecular flexibility index (Phi) is 3.65. The fraction of sp³-hybridized carbons (Fsp3) is 0.333. The van der Waals surface area contributed by atoms with E-state index in [0.29, 0.717) is 12.2 Å². The SMILES string of the molecule is Cc1nnc(-c2ccc3cnc(CC(=O)C4CCC4)cc3c2)s1. The van der Waals surface area contributed by atoms with Crippen molar-refractivity contribution < 1.29 is 4.79 Å². The molecule has 4 nitrogen and oxygen atoms in total. The van der Waals surface area contributed by atoms with Crippen molar-refractivity contribution in [3.05, 3.63) is 41.2 Å². The van der Waals surface area contributed by atoms with Crippen LogP contribution < -0.4 is 0 Å². The maximum atomic E-state index is 12.2. The number of pyridine rings is 1. The van der Waals surface area contributed by atoms with Crippen molar-refractivity contribution in [2.75, 3.05) is 0 Å². The third-order valence-corrected chi connectivity index (χ3v) is 5.35. The van der Waals surface area contributed by atoms with Gasteiger partial charge in [-0.1, -0.05) is 29.9 Å². The summed E-state index contributed by atoms with van der Waals surface area (Å²) in [4.78, 5) is 16.6. The second kappa shape index (κ2) is 5.81. The van der Waals surface area contributed by atoms with E-state index in [1.165, 1.54) is 6.42 Å². The molecule has 1 fully saturated rings. The number of hydrogen-bond donors (Lipinski definition) is 0. The summed E-state index contributed by atoms with van der Waals surface area (Å²) in [6.07, 6.45) is 5.59. The molecule has 5 heteroatoms. The summed E-state index contributed by atoms with van der Waals surface area (Å²) in [6.45, 7) is 1.95. The maximum Gasteiger partial charge on any atom is 0.147 e. The number of ketones is 1. The maximum absolute atomic E-state index is 12.2. The van der Waals surface area contributed by atoms with Crippen LogP contribution in [0.3, 0.4) is 0 Å². The molecule has 4 rings (SSSR count). The Labute approximate surface area is 138 Å². The fourth-order valence-corrected chi connectivity index (χ4v) is 3.57. The third kappa shape index (κ3) is 2.88. The number of carbonyl (C=O) groups is 1. The summed E-state index contributed by atoms with van der Waals surface area (Å²) < 4.78 is 0. The summed E-state index contributed by atoms with van der Waals surface area (Å²) >= 11 is 1.59. The molecule has 0 radical (unpaired) electrons. The monoisotopic (exact) mass is 323 g/mol. The van der Waals surface area contributed by atoms with Crippen molar-refractivity contribution in [1.29, 1.82) is 0 Å². The molecule has 1 aliphatic carbocycles. The van der Waals surface area contributed by atoms with Gasteiger partial charge in [0.05, 0.1) is 0 Å². The van der Waals surface area contributed by atoms with Crippen LogP contribution in [0.4, 0.5) is 0 Å². The summed E-state index contributed by atoms with van der Waals surface area (Å²) in [7, 11) is 0. The van der Waals surface area contributed by atoms with Crippen molar-refractivity contribution in [3.63, 3.8) is 0 Å². The van der Waals surface area contributed by atoms with Gasteiger partial charge < -0.3 is 0 Å². The zero-order valence-electron chi connectivity index (χ0n) is 13.0. The van der Waals surface area contributed by atoms with Crippen LogP contribution in [0.15, 0.2) is 30.5 Å². The van der Waals surface area contributed by atoms with Crippen LogP contribution in [0.25, 0.3) is 21.3 Å². The van der Waals surface area contributed by atoms with Crippen LogP contribution in [0, 0.1) is 12.8 Å². The topological polar surface area (TPSA) is 55.7 Å². The minimum atomic E-state index is 0.267. The van der Waals surface area contributed by atoms with Crippen LogP contribution in [0.2, 0.25) is 0 Å². The molecule has 0 spiro atoms. The van der Waals surface area contributed by atoms with Gasteiger partial charge >= 0.3 is 0 Å². The van der Waals surface area contributed by atoms with Gasteiger partial charge in [0.25, 0.3) is 0 Å². The van der Waals surface area contributed by atoms with E-state index in [2.05, 4.69) is 21.2 Å². The highest BCUT2D eigenvalue weighted by Crippen LogP contribution is 2.29. The first kappa shape index (κ1) is 14.5. The predicted octanol–water partition coefficient (Wildman–Crippen LogP) is 3.97. The smallest absolute Gasteiger partial charge is 0.147 e. The van der Waals surface area contributed by atoms with Crippen molar-refractivity contribution in [2.45, 2.75) is 32.6 Å². The van der Waals surface area contributed by atoms with Gasteiger partial charge in [0.2, 0.25) is 0 Å². The molecule has 0 saturated heterocycles. The highest BCUT2D eigenvalue weighted by atomic mass is 32.1. The molecule has 0 unspecified atom stereocenters. The molecule has 23 heavy (non-hydrogen) atoms. The Bertz CT molecular complexity index is 883. The Hall–Kier alpha value is -2.14. The Balaban J connectivity index is 1.65. The van der Waals surface area contributed by atoms with Gasteiger partial charge in [0.1, 0.15) is 15.8 Å². The summed E-state index contributed by atoms with van der Waals surface area (Å²) in [5, 5.41) is 12.3. The van der Waals surface area contributed by atoms with E-state index in [1.807, 2.05) is 31.3 Å². The average molecular weight is 323 g/mol. The molecule has 0 amide bonds. The molecule has 1 aliphatic rings. The molecular formula is C18H17N3OS. The quantitative estimate of drug-likeness (QED) is 0.729. The van der Waals surface area contributed by atoms with Gasteiger partial charge in [-0.15, -0.1) is 10.2 Å². The second-order valence-electron chi connectivity index (χ2n) is 6.13. The van der Waals surface area contributed by atoms with Crippen LogP contribution in [0.1, 0.15) is 30.0 Å². The number of rotatable bonds is 4. The first-order valence-corrected chi connectivity index (χ1v) is 8.72. The molecule has 3 aromatic rings. The lowest BCUT2D eigenvalue weighted by Gasteiger charge is -2.23. The highest BCUT2D eigenvalue weighted by molar-refractivity contribution is 7.14. The van der Waals surface area contributed by atoms with Crippen LogP contribution in [-0.4, -0.2) is 21.0 Å². The van der Waals surface area contributed by atoms with Gasteiger partial charge in [0.15, 0.2) is 0 Å². The predicted molar refractivity (Wildman–Crippen MR) is 91.4 cm³/mol. The molecule has 2 aromatic heterocycles. The molecule has 0 aliphatic heterocycles. The minimum absolute atomic E-state index is 0.267. The zero-order valence-corrected chi connectivity index (χ0v) is 13.8. The highest BCUT2D eigenvalue weighted by Gasteiger charge is 2.25. The van der Waals surface area contributed by atoms with E-state index >= 15 is 0 Å². The van der Waals surface area contributed by atoms with Crippen molar-refractivity contribution in [2.24, 2.45) is 5.92 Å². The van der Waals surface area contributed by atoms with Crippen molar-refractivity contribution in [3.8, 4) is 10.6 Å². The number of carbonyl (C=O) groups excluding carboxylic acids is 1. The number of aryl methyl sites for hydroxylation is 1. The number of benzene rings is 1. The van der Waals surface area contributed by atoms with Gasteiger partial charge in [0, 0.05) is 35.2 Å². The van der Waals surface area contributed by atoms with Crippen LogP contribution in [-0.2, 0) is 11.2 Å². The standard InChI is InChI=1S/C18H17N3OS/c1-11-20-21-18(23-11)13-5-6-14-10-19-16(8-15(14)7-13)9-17(22)12-3-2-4-12/h5-8,10,12H,2-4,9H2,1H3. The third-order valence-electron chi connectivity index (χ3n) is 4.47. The van der Waals surface area contributed by atoms with E-state index < -0.39 is 0 Å².